The second-order valence-corrected chi connectivity index (χ2v) is 8.49. The number of carbonyl (C=O) groups excluding carboxylic acids is 2. The summed E-state index contributed by atoms with van der Waals surface area (Å²) in [5, 5.41) is 39.0. The molecule has 1 aliphatic rings. The molecule has 0 heterocycles. The molecule has 2 aromatic carbocycles. The van der Waals surface area contributed by atoms with Crippen molar-refractivity contribution in [3.63, 3.8) is 0 Å². The number of ketones is 1. The summed E-state index contributed by atoms with van der Waals surface area (Å²) < 4.78 is 6.00. The highest BCUT2D eigenvalue weighted by atomic mass is 79.9. The summed E-state index contributed by atoms with van der Waals surface area (Å²) in [6.45, 7) is 0. The van der Waals surface area contributed by atoms with Gasteiger partial charge in [0, 0.05) is 27.7 Å². The van der Waals surface area contributed by atoms with Gasteiger partial charge in [-0.05, 0) is 35.9 Å². The molecule has 0 radical (unpaired) electrons. The number of benzene rings is 2. The van der Waals surface area contributed by atoms with Crippen LogP contribution < -0.4 is 5.73 Å². The Bertz CT molecular complexity index is 1030. The highest BCUT2D eigenvalue weighted by Gasteiger charge is 2.47. The number of rotatable bonds is 6. The molecule has 5 atom stereocenters. The van der Waals surface area contributed by atoms with E-state index in [0.29, 0.717) is 11.1 Å². The Morgan fingerprint density at radius 3 is 2.28 bits per heavy atom. The first-order valence-electron chi connectivity index (χ1n) is 9.74. The molecular weight excluding hydrogens is 486 g/mol. The largest absolute Gasteiger partial charge is 0.481 e. The zero-order chi connectivity index (χ0) is 23.6. The fourth-order valence-electron chi connectivity index (χ4n) is 3.64. The van der Waals surface area contributed by atoms with Gasteiger partial charge in [-0.25, -0.2) is 0 Å². The van der Waals surface area contributed by atoms with Crippen LogP contribution in [0.3, 0.4) is 0 Å². The number of carboxylic acid groups (broad SMARTS) is 1. The minimum absolute atomic E-state index is 0.0976. The van der Waals surface area contributed by atoms with Gasteiger partial charge in [-0.2, -0.15) is 0 Å². The van der Waals surface area contributed by atoms with Gasteiger partial charge in [0.05, 0.1) is 18.4 Å². The van der Waals surface area contributed by atoms with E-state index in [1.807, 2.05) is 0 Å². The molecule has 0 spiro atoms. The maximum atomic E-state index is 12.8. The second kappa shape index (κ2) is 9.78. The number of esters is 1. The lowest BCUT2D eigenvalue weighted by Gasteiger charge is -2.38. The number of nitrogen functional groups attached to an aromatic ring is 1. The molecule has 3 rings (SSSR count). The number of hydrogen-bond donors (Lipinski definition) is 5. The third kappa shape index (κ3) is 4.99. The molecule has 1 fully saturated rings. The van der Waals surface area contributed by atoms with Crippen molar-refractivity contribution < 1.29 is 39.5 Å². The van der Waals surface area contributed by atoms with Crippen LogP contribution in [0.5, 0.6) is 0 Å². The van der Waals surface area contributed by atoms with Crippen LogP contribution in [0.4, 0.5) is 5.69 Å². The normalized spacial score (nSPS) is 25.2. The molecule has 0 unspecified atom stereocenters. The maximum absolute atomic E-state index is 12.8. The predicted molar refractivity (Wildman–Crippen MR) is 116 cm³/mol. The van der Waals surface area contributed by atoms with Crippen LogP contribution in [0.2, 0.25) is 0 Å². The van der Waals surface area contributed by atoms with E-state index in [0.717, 1.165) is 4.47 Å². The minimum atomic E-state index is -1.78. The number of carbonyl (C=O) groups is 3. The first-order valence-corrected chi connectivity index (χ1v) is 10.5. The number of ether oxygens (including phenoxy) is 1. The van der Waals surface area contributed by atoms with Gasteiger partial charge in [0.2, 0.25) is 0 Å². The van der Waals surface area contributed by atoms with Crippen LogP contribution in [0.25, 0.3) is 0 Å². The van der Waals surface area contributed by atoms with Gasteiger partial charge in [-0.15, -0.1) is 0 Å². The van der Waals surface area contributed by atoms with Gasteiger partial charge in [0.15, 0.2) is 5.78 Å². The zero-order valence-electron chi connectivity index (χ0n) is 16.7. The molecule has 6 N–H and O–H groups in total. The molecule has 170 valence electrons. The molecule has 1 saturated carbocycles. The number of aliphatic carboxylic acids is 1. The van der Waals surface area contributed by atoms with Crippen molar-refractivity contribution in [1.29, 1.82) is 0 Å². The fourth-order valence-corrected chi connectivity index (χ4v) is 3.91. The van der Waals surface area contributed by atoms with Gasteiger partial charge < -0.3 is 30.9 Å². The van der Waals surface area contributed by atoms with E-state index in [1.165, 1.54) is 6.07 Å². The zero-order valence-corrected chi connectivity index (χ0v) is 18.3. The van der Waals surface area contributed by atoms with E-state index in [9.17, 15) is 34.8 Å². The Morgan fingerprint density at radius 2 is 1.66 bits per heavy atom. The topological polar surface area (TPSA) is 167 Å². The summed E-state index contributed by atoms with van der Waals surface area (Å²) in [5.74, 6) is -3.94. The van der Waals surface area contributed by atoms with E-state index in [1.54, 1.807) is 36.4 Å². The van der Waals surface area contributed by atoms with Crippen molar-refractivity contribution in [3.8, 4) is 0 Å². The van der Waals surface area contributed by atoms with E-state index < -0.39 is 42.3 Å². The number of carboxylic acids is 1. The summed E-state index contributed by atoms with van der Waals surface area (Å²) in [6, 6.07) is 11.4. The van der Waals surface area contributed by atoms with Gasteiger partial charge in [0.25, 0.3) is 0 Å². The number of hydrogen-bond acceptors (Lipinski definition) is 8. The Morgan fingerprint density at radius 1 is 1.00 bits per heavy atom. The van der Waals surface area contributed by atoms with Crippen LogP contribution in [-0.2, 0) is 20.7 Å². The van der Waals surface area contributed by atoms with Crippen molar-refractivity contribution in [3.05, 3.63) is 63.6 Å². The first kappa shape index (κ1) is 23.9. The van der Waals surface area contributed by atoms with Crippen LogP contribution in [0, 0.1) is 5.92 Å². The number of halogens is 1. The molecule has 9 nitrogen and oxygen atoms in total. The van der Waals surface area contributed by atoms with Gasteiger partial charge in [-0.1, -0.05) is 28.1 Å². The maximum Gasteiger partial charge on any atom is 0.310 e. The molecule has 0 amide bonds. The summed E-state index contributed by atoms with van der Waals surface area (Å²) in [5.41, 5.74) is 7.16. The lowest BCUT2D eigenvalue weighted by Crippen LogP contribution is -2.56. The smallest absolute Gasteiger partial charge is 0.310 e. The molecular formula is C22H22BrNO8. The predicted octanol–water partition coefficient (Wildman–Crippen LogP) is 0.904. The quantitative estimate of drug-likeness (QED) is 0.216. The molecule has 0 aliphatic heterocycles. The Balaban J connectivity index is 1.74. The highest BCUT2D eigenvalue weighted by Crippen LogP contribution is 2.29. The Labute approximate surface area is 191 Å². The number of para-hydroxylation sites is 1. The highest BCUT2D eigenvalue weighted by molar-refractivity contribution is 9.10. The van der Waals surface area contributed by atoms with Crippen molar-refractivity contribution in [2.45, 2.75) is 37.3 Å². The van der Waals surface area contributed by atoms with Crippen LogP contribution >= 0.6 is 15.9 Å². The number of nitrogens with two attached hydrogens (primary N) is 1. The summed E-state index contributed by atoms with van der Waals surface area (Å²) >= 11 is 3.30. The van der Waals surface area contributed by atoms with E-state index in [-0.39, 0.29) is 29.9 Å². The third-order valence-electron chi connectivity index (χ3n) is 5.46. The number of aliphatic hydroxyl groups excluding tert-OH is 3. The van der Waals surface area contributed by atoms with Crippen molar-refractivity contribution in [1.82, 2.24) is 0 Å². The van der Waals surface area contributed by atoms with Crippen LogP contribution in [0.1, 0.15) is 27.9 Å². The monoisotopic (exact) mass is 507 g/mol. The average Bonchev–Trinajstić information content (AvgIpc) is 2.75. The molecule has 32 heavy (non-hydrogen) atoms. The molecule has 10 heteroatoms. The molecule has 2 aromatic rings. The van der Waals surface area contributed by atoms with Gasteiger partial charge >= 0.3 is 11.9 Å². The third-order valence-corrected chi connectivity index (χ3v) is 5.99. The standard InChI is InChI=1S/C22H22BrNO8/c23-12-6-4-10(5-7-12)18(26)13-3-1-2-11(17(13)24)8-16(25)32-15-9-14(22(30)31)19(27)21(29)20(15)28/h1-7,14-15,19-21,27-29H,8-9,24H2,(H,30,31)/t14-,15-,19+,20-,21-/m1/s1. The van der Waals surface area contributed by atoms with E-state index >= 15 is 0 Å². The summed E-state index contributed by atoms with van der Waals surface area (Å²) in [6.07, 6.45) is -7.14. The number of aliphatic hydroxyl groups is 3. The van der Waals surface area contributed by atoms with Crippen molar-refractivity contribution in [2.24, 2.45) is 5.92 Å². The number of anilines is 1. The molecule has 0 aromatic heterocycles. The Kier molecular flexibility index (Phi) is 7.29. The molecule has 0 bridgehead atoms. The van der Waals surface area contributed by atoms with Crippen LogP contribution in [0.15, 0.2) is 46.9 Å². The van der Waals surface area contributed by atoms with Crippen molar-refractivity contribution >= 4 is 39.3 Å². The second-order valence-electron chi connectivity index (χ2n) is 7.57. The molecule has 0 saturated heterocycles. The molecule has 1 aliphatic carbocycles. The summed E-state index contributed by atoms with van der Waals surface area (Å²) in [7, 11) is 0. The average molecular weight is 508 g/mol. The van der Waals surface area contributed by atoms with Crippen molar-refractivity contribution in [2.75, 3.05) is 5.73 Å². The van der Waals surface area contributed by atoms with Gasteiger partial charge in [-0.3, -0.25) is 14.4 Å². The SMILES string of the molecule is Nc1c(CC(=O)O[C@@H]2C[C@@H](C(=O)O)[C@H](O)[C@@H](O)[C@@H]2O)cccc1C(=O)c1ccc(Br)cc1. The van der Waals surface area contributed by atoms with E-state index in [4.69, 9.17) is 10.5 Å². The lowest BCUT2D eigenvalue weighted by atomic mass is 9.81. The Hall–Kier alpha value is -2.79. The van der Waals surface area contributed by atoms with E-state index in [2.05, 4.69) is 15.9 Å². The van der Waals surface area contributed by atoms with Crippen LogP contribution in [-0.4, -0.2) is 62.6 Å². The minimum Gasteiger partial charge on any atom is -0.481 e. The lowest BCUT2D eigenvalue weighted by molar-refractivity contribution is -0.193. The summed E-state index contributed by atoms with van der Waals surface area (Å²) in [4.78, 5) is 36.5. The fraction of sp³-hybridized carbons (Fsp3) is 0.318. The van der Waals surface area contributed by atoms with Gasteiger partial charge in [0.1, 0.15) is 18.3 Å². The first-order chi connectivity index (χ1) is 15.1.